The Morgan fingerprint density at radius 3 is 2.29 bits per heavy atom. The fourth-order valence-corrected chi connectivity index (χ4v) is 3.69. The molecular formula is C23H25N5O3. The largest absolute Gasteiger partial charge is 0.369 e. The summed E-state index contributed by atoms with van der Waals surface area (Å²) in [6.45, 7) is 4.71. The van der Waals surface area contributed by atoms with E-state index in [2.05, 4.69) is 44.4 Å². The van der Waals surface area contributed by atoms with E-state index >= 15 is 0 Å². The predicted octanol–water partition coefficient (Wildman–Crippen LogP) is 1.50. The minimum atomic E-state index is -0.607. The number of hydrogen-bond donors (Lipinski definition) is 2. The van der Waals surface area contributed by atoms with Crippen LogP contribution in [0.15, 0.2) is 76.4 Å². The Kier molecular flexibility index (Phi) is 6.28. The van der Waals surface area contributed by atoms with Crippen LogP contribution in [0, 0.1) is 0 Å². The van der Waals surface area contributed by atoms with Crippen molar-refractivity contribution in [2.24, 2.45) is 0 Å². The summed E-state index contributed by atoms with van der Waals surface area (Å²) in [5.41, 5.74) is 2.02. The molecule has 3 aromatic rings. The van der Waals surface area contributed by atoms with Crippen LogP contribution in [-0.4, -0.2) is 46.5 Å². The van der Waals surface area contributed by atoms with Crippen LogP contribution in [0.5, 0.6) is 0 Å². The number of nitrogens with one attached hydrogen (secondary N) is 2. The quantitative estimate of drug-likeness (QED) is 0.632. The molecule has 160 valence electrons. The van der Waals surface area contributed by atoms with Crippen LogP contribution >= 0.6 is 0 Å². The van der Waals surface area contributed by atoms with Gasteiger partial charge in [-0.1, -0.05) is 30.3 Å². The molecule has 1 aromatic heterocycles. The monoisotopic (exact) mass is 419 g/mol. The second-order valence-corrected chi connectivity index (χ2v) is 7.58. The van der Waals surface area contributed by atoms with Gasteiger partial charge >= 0.3 is 5.69 Å². The smallest absolute Gasteiger partial charge is 0.328 e. The first-order chi connectivity index (χ1) is 15.1. The van der Waals surface area contributed by atoms with Gasteiger partial charge in [0.2, 0.25) is 5.91 Å². The van der Waals surface area contributed by atoms with Gasteiger partial charge in [0.1, 0.15) is 6.54 Å². The van der Waals surface area contributed by atoms with Crippen molar-refractivity contribution >= 4 is 17.3 Å². The number of rotatable bonds is 6. The third-order valence-corrected chi connectivity index (χ3v) is 5.35. The zero-order valence-electron chi connectivity index (χ0n) is 17.2. The number of carbonyl (C=O) groups is 1. The molecule has 0 radical (unpaired) electrons. The van der Waals surface area contributed by atoms with E-state index in [1.807, 2.05) is 30.3 Å². The van der Waals surface area contributed by atoms with Crippen molar-refractivity contribution in [2.75, 3.05) is 36.4 Å². The Morgan fingerprint density at radius 2 is 1.61 bits per heavy atom. The molecule has 31 heavy (non-hydrogen) atoms. The third kappa shape index (κ3) is 5.49. The number of hydrogen-bond acceptors (Lipinski definition) is 5. The lowest BCUT2D eigenvalue weighted by atomic mass is 10.2. The van der Waals surface area contributed by atoms with Crippen molar-refractivity contribution in [3.8, 4) is 0 Å². The van der Waals surface area contributed by atoms with Crippen LogP contribution in [0.4, 0.5) is 11.4 Å². The van der Waals surface area contributed by atoms with Crippen molar-refractivity contribution < 1.29 is 4.79 Å². The van der Waals surface area contributed by atoms with Crippen LogP contribution < -0.4 is 21.5 Å². The number of H-pyrrole nitrogens is 1. The molecule has 0 saturated carbocycles. The Balaban J connectivity index is 1.29. The zero-order valence-corrected chi connectivity index (χ0v) is 17.2. The van der Waals surface area contributed by atoms with Gasteiger partial charge in [0.25, 0.3) is 5.56 Å². The van der Waals surface area contributed by atoms with Gasteiger partial charge in [-0.15, -0.1) is 0 Å². The van der Waals surface area contributed by atoms with Crippen molar-refractivity contribution in [3.63, 3.8) is 0 Å². The molecule has 0 bridgehead atoms. The highest BCUT2D eigenvalue weighted by molar-refractivity contribution is 5.90. The Hall–Kier alpha value is -3.65. The topological polar surface area (TPSA) is 90.4 Å². The summed E-state index contributed by atoms with van der Waals surface area (Å²) in [5, 5.41) is 2.78. The minimum Gasteiger partial charge on any atom is -0.369 e. The highest BCUT2D eigenvalue weighted by Gasteiger charge is 2.17. The van der Waals surface area contributed by atoms with E-state index in [9.17, 15) is 14.4 Å². The number of piperazine rings is 1. The number of aromatic nitrogens is 2. The normalized spacial score (nSPS) is 14.4. The first-order valence-corrected chi connectivity index (χ1v) is 10.3. The summed E-state index contributed by atoms with van der Waals surface area (Å²) in [5.74, 6) is -0.337. The Bertz CT molecular complexity index is 1130. The molecular weight excluding hydrogens is 394 g/mol. The van der Waals surface area contributed by atoms with Gasteiger partial charge in [-0.2, -0.15) is 0 Å². The third-order valence-electron chi connectivity index (χ3n) is 5.35. The first-order valence-electron chi connectivity index (χ1n) is 10.3. The molecule has 2 heterocycles. The molecule has 0 unspecified atom stereocenters. The highest BCUT2D eigenvalue weighted by atomic mass is 16.2. The summed E-state index contributed by atoms with van der Waals surface area (Å²) in [4.78, 5) is 41.9. The molecule has 0 atom stereocenters. The van der Waals surface area contributed by atoms with Gasteiger partial charge in [0.15, 0.2) is 0 Å². The lowest BCUT2D eigenvalue weighted by Crippen LogP contribution is -2.45. The number of carbonyl (C=O) groups excluding carboxylic acids is 1. The summed E-state index contributed by atoms with van der Waals surface area (Å²) in [7, 11) is 0. The molecule has 1 fully saturated rings. The maximum absolute atomic E-state index is 12.2. The molecule has 1 aliphatic rings. The van der Waals surface area contributed by atoms with Gasteiger partial charge < -0.3 is 10.2 Å². The molecule has 1 amide bonds. The SMILES string of the molecule is O=C(Cn1ccc(=O)[nH]c1=O)Nc1ccc(N2CCN(Cc3ccccc3)CC2)cc1. The van der Waals surface area contributed by atoms with Crippen molar-refractivity contribution in [1.29, 1.82) is 0 Å². The van der Waals surface area contributed by atoms with E-state index in [1.54, 1.807) is 0 Å². The fraction of sp³-hybridized carbons (Fsp3) is 0.261. The Morgan fingerprint density at radius 1 is 0.903 bits per heavy atom. The lowest BCUT2D eigenvalue weighted by molar-refractivity contribution is -0.116. The van der Waals surface area contributed by atoms with E-state index in [1.165, 1.54) is 17.8 Å². The second-order valence-electron chi connectivity index (χ2n) is 7.58. The molecule has 1 aliphatic heterocycles. The number of nitrogens with zero attached hydrogens (tertiary/aromatic N) is 3. The van der Waals surface area contributed by atoms with E-state index in [4.69, 9.17) is 0 Å². The van der Waals surface area contributed by atoms with E-state index in [0.29, 0.717) is 5.69 Å². The zero-order chi connectivity index (χ0) is 21.6. The maximum Gasteiger partial charge on any atom is 0.328 e. The standard InChI is InChI=1S/C23H25N5O3/c29-21-10-11-28(23(31)25-21)17-22(30)24-19-6-8-20(9-7-19)27-14-12-26(13-15-27)16-18-4-2-1-3-5-18/h1-11H,12-17H2,(H,24,30)(H,25,29,31). The van der Waals surface area contributed by atoms with Crippen LogP contribution in [0.2, 0.25) is 0 Å². The van der Waals surface area contributed by atoms with Crippen molar-refractivity contribution in [1.82, 2.24) is 14.5 Å². The summed E-state index contributed by atoms with van der Waals surface area (Å²) in [6, 6.07) is 19.4. The van der Waals surface area contributed by atoms with E-state index in [-0.39, 0.29) is 12.5 Å². The minimum absolute atomic E-state index is 0.166. The molecule has 4 rings (SSSR count). The van der Waals surface area contributed by atoms with E-state index < -0.39 is 11.2 Å². The van der Waals surface area contributed by atoms with Crippen LogP contribution in [0.1, 0.15) is 5.56 Å². The van der Waals surface area contributed by atoms with Crippen LogP contribution in [0.3, 0.4) is 0 Å². The summed E-state index contributed by atoms with van der Waals surface area (Å²) >= 11 is 0. The molecule has 2 N–H and O–H groups in total. The molecule has 2 aromatic carbocycles. The maximum atomic E-state index is 12.2. The van der Waals surface area contributed by atoms with Crippen molar-refractivity contribution in [2.45, 2.75) is 13.1 Å². The number of anilines is 2. The fourth-order valence-electron chi connectivity index (χ4n) is 3.69. The second kappa shape index (κ2) is 9.44. The highest BCUT2D eigenvalue weighted by Crippen LogP contribution is 2.20. The molecule has 8 nitrogen and oxygen atoms in total. The Labute approximate surface area is 179 Å². The van der Waals surface area contributed by atoms with Crippen LogP contribution in [0.25, 0.3) is 0 Å². The van der Waals surface area contributed by atoms with Gasteiger partial charge in [-0.05, 0) is 29.8 Å². The number of aromatic amines is 1. The molecule has 1 saturated heterocycles. The van der Waals surface area contributed by atoms with Gasteiger partial charge in [-0.3, -0.25) is 24.0 Å². The van der Waals surface area contributed by atoms with E-state index in [0.717, 1.165) is 43.0 Å². The van der Waals surface area contributed by atoms with Gasteiger partial charge in [0, 0.05) is 56.4 Å². The number of amides is 1. The molecule has 8 heteroatoms. The predicted molar refractivity (Wildman–Crippen MR) is 120 cm³/mol. The van der Waals surface area contributed by atoms with Crippen molar-refractivity contribution in [3.05, 3.63) is 93.3 Å². The summed E-state index contributed by atoms with van der Waals surface area (Å²) < 4.78 is 1.15. The van der Waals surface area contributed by atoms with Gasteiger partial charge in [-0.25, -0.2) is 4.79 Å². The average molecular weight is 419 g/mol. The first kappa shape index (κ1) is 20.6. The summed E-state index contributed by atoms with van der Waals surface area (Å²) in [6.07, 6.45) is 1.31. The number of benzene rings is 2. The molecule has 0 aliphatic carbocycles. The van der Waals surface area contributed by atoms with Crippen LogP contribution in [-0.2, 0) is 17.9 Å². The molecule has 0 spiro atoms. The van der Waals surface area contributed by atoms with Gasteiger partial charge in [0.05, 0.1) is 0 Å². The average Bonchev–Trinajstić information content (AvgIpc) is 2.78. The lowest BCUT2D eigenvalue weighted by Gasteiger charge is -2.36.